The van der Waals surface area contributed by atoms with Gasteiger partial charge < -0.3 is 10.0 Å². The van der Waals surface area contributed by atoms with Crippen LogP contribution in [-0.4, -0.2) is 28.3 Å². The number of aromatic nitrogens is 1. The summed E-state index contributed by atoms with van der Waals surface area (Å²) in [7, 11) is 0. The van der Waals surface area contributed by atoms with Crippen molar-refractivity contribution in [1.82, 2.24) is 4.98 Å². The van der Waals surface area contributed by atoms with Crippen LogP contribution >= 0.6 is 0 Å². The van der Waals surface area contributed by atoms with Gasteiger partial charge in [0, 0.05) is 18.5 Å². The van der Waals surface area contributed by atoms with Gasteiger partial charge in [0.2, 0.25) is 0 Å². The Hall–Kier alpha value is -1.60. The second-order valence-corrected chi connectivity index (χ2v) is 7.06. The fourth-order valence-electron chi connectivity index (χ4n) is 4.24. The first-order valence-corrected chi connectivity index (χ1v) is 8.40. The van der Waals surface area contributed by atoms with Gasteiger partial charge in [-0.2, -0.15) is 5.26 Å². The highest BCUT2D eigenvalue weighted by Gasteiger charge is 2.43. The summed E-state index contributed by atoms with van der Waals surface area (Å²) in [4.78, 5) is 6.87. The van der Waals surface area contributed by atoms with E-state index in [9.17, 15) is 10.4 Å². The van der Waals surface area contributed by atoms with E-state index in [0.29, 0.717) is 17.7 Å². The first-order valence-electron chi connectivity index (χ1n) is 8.40. The molecule has 3 atom stereocenters. The van der Waals surface area contributed by atoms with E-state index in [1.54, 1.807) is 0 Å². The molecule has 1 aromatic heterocycles. The van der Waals surface area contributed by atoms with E-state index in [1.807, 2.05) is 26.0 Å². The number of nitrogens with zero attached hydrogens (tertiary/aromatic N) is 3. The van der Waals surface area contributed by atoms with Crippen molar-refractivity contribution in [1.29, 1.82) is 5.26 Å². The van der Waals surface area contributed by atoms with Crippen LogP contribution < -0.4 is 4.90 Å². The molecule has 0 radical (unpaired) electrons. The van der Waals surface area contributed by atoms with Crippen molar-refractivity contribution in [3.63, 3.8) is 0 Å². The number of aliphatic hydroxyl groups is 1. The van der Waals surface area contributed by atoms with Gasteiger partial charge in [-0.1, -0.05) is 18.9 Å². The van der Waals surface area contributed by atoms with Crippen molar-refractivity contribution >= 4 is 5.82 Å². The Labute approximate surface area is 132 Å². The lowest BCUT2D eigenvalue weighted by atomic mass is 9.72. The fourth-order valence-corrected chi connectivity index (χ4v) is 4.24. The van der Waals surface area contributed by atoms with Crippen molar-refractivity contribution in [3.8, 4) is 6.07 Å². The zero-order valence-corrected chi connectivity index (χ0v) is 13.5. The molecule has 0 spiro atoms. The molecule has 0 amide bonds. The molecule has 2 heterocycles. The summed E-state index contributed by atoms with van der Waals surface area (Å²) in [5.41, 5.74) is 0.860. The molecule has 4 heteroatoms. The molecule has 4 nitrogen and oxygen atoms in total. The van der Waals surface area contributed by atoms with E-state index in [0.717, 1.165) is 50.0 Å². The van der Waals surface area contributed by atoms with E-state index in [2.05, 4.69) is 16.0 Å². The van der Waals surface area contributed by atoms with E-state index in [4.69, 9.17) is 0 Å². The van der Waals surface area contributed by atoms with E-state index in [-0.39, 0.29) is 0 Å². The van der Waals surface area contributed by atoms with Gasteiger partial charge in [-0.3, -0.25) is 0 Å². The van der Waals surface area contributed by atoms with Crippen LogP contribution in [0.5, 0.6) is 0 Å². The lowest BCUT2D eigenvalue weighted by molar-refractivity contribution is -0.0411. The first kappa shape index (κ1) is 15.3. The Morgan fingerprint density at radius 3 is 2.86 bits per heavy atom. The van der Waals surface area contributed by atoms with Gasteiger partial charge in [-0.05, 0) is 51.2 Å². The molecule has 1 saturated carbocycles. The van der Waals surface area contributed by atoms with Crippen LogP contribution in [0.3, 0.4) is 0 Å². The lowest BCUT2D eigenvalue weighted by Gasteiger charge is -2.43. The maximum Gasteiger partial charge on any atom is 0.145 e. The Morgan fingerprint density at radius 2 is 2.14 bits per heavy atom. The zero-order chi connectivity index (χ0) is 15.7. The van der Waals surface area contributed by atoms with Gasteiger partial charge in [0.25, 0.3) is 0 Å². The highest BCUT2D eigenvalue weighted by molar-refractivity contribution is 5.46. The van der Waals surface area contributed by atoms with Gasteiger partial charge in [-0.15, -0.1) is 0 Å². The third-order valence-corrected chi connectivity index (χ3v) is 5.49. The molecule has 0 bridgehead atoms. The SMILES string of the molecule is Cc1ccc(N2CCC[C@@H]2[C@H]2CCCC[C@@]2(C)O)nc1C#N. The summed E-state index contributed by atoms with van der Waals surface area (Å²) in [6.07, 6.45) is 6.55. The van der Waals surface area contributed by atoms with Gasteiger partial charge in [0.05, 0.1) is 5.60 Å². The number of rotatable bonds is 2. The summed E-state index contributed by atoms with van der Waals surface area (Å²) < 4.78 is 0. The average Bonchev–Trinajstić information content (AvgIpc) is 2.96. The molecular formula is C18H25N3O. The Bertz CT molecular complexity index is 590. The fraction of sp³-hybridized carbons (Fsp3) is 0.667. The number of hydrogen-bond acceptors (Lipinski definition) is 4. The molecule has 1 saturated heterocycles. The van der Waals surface area contributed by atoms with E-state index < -0.39 is 5.60 Å². The smallest absolute Gasteiger partial charge is 0.145 e. The van der Waals surface area contributed by atoms with E-state index in [1.165, 1.54) is 6.42 Å². The largest absolute Gasteiger partial charge is 0.390 e. The predicted molar refractivity (Wildman–Crippen MR) is 86.6 cm³/mol. The highest BCUT2D eigenvalue weighted by Crippen LogP contribution is 2.41. The summed E-state index contributed by atoms with van der Waals surface area (Å²) in [6, 6.07) is 6.53. The normalized spacial score (nSPS) is 32.0. The third kappa shape index (κ3) is 2.70. The molecule has 1 aromatic rings. The molecule has 118 valence electrons. The van der Waals surface area contributed by atoms with Crippen LogP contribution in [0.2, 0.25) is 0 Å². The summed E-state index contributed by atoms with van der Waals surface area (Å²) in [6.45, 7) is 4.89. The quantitative estimate of drug-likeness (QED) is 0.911. The Balaban J connectivity index is 1.89. The molecule has 22 heavy (non-hydrogen) atoms. The number of nitriles is 1. The molecule has 3 rings (SSSR count). The standard InChI is InChI=1S/C18H25N3O/c1-13-8-9-17(20-15(13)12-19)21-11-5-7-16(21)14-6-3-4-10-18(14,2)22/h8-9,14,16,22H,3-7,10-11H2,1-2H3/t14-,16-,18-/m1/s1. The minimum Gasteiger partial charge on any atom is -0.390 e. The van der Waals surface area contributed by atoms with Crippen molar-refractivity contribution in [2.75, 3.05) is 11.4 Å². The number of anilines is 1. The molecule has 0 aromatic carbocycles. The average molecular weight is 299 g/mol. The number of pyridine rings is 1. The number of hydrogen-bond donors (Lipinski definition) is 1. The van der Waals surface area contributed by atoms with Gasteiger partial charge >= 0.3 is 0 Å². The van der Waals surface area contributed by atoms with Gasteiger partial charge in [-0.25, -0.2) is 4.98 Å². The maximum absolute atomic E-state index is 10.8. The lowest BCUT2D eigenvalue weighted by Crippen LogP contribution is -2.49. The van der Waals surface area contributed by atoms with Crippen LogP contribution in [0.25, 0.3) is 0 Å². The predicted octanol–water partition coefficient (Wildman–Crippen LogP) is 3.17. The molecule has 2 fully saturated rings. The second-order valence-electron chi connectivity index (χ2n) is 7.06. The minimum atomic E-state index is -0.575. The molecule has 1 N–H and O–H groups in total. The maximum atomic E-state index is 10.8. The molecule has 1 aliphatic heterocycles. The first-order chi connectivity index (χ1) is 10.5. The summed E-state index contributed by atoms with van der Waals surface area (Å²) in [5.74, 6) is 1.20. The topological polar surface area (TPSA) is 60.1 Å². The van der Waals surface area contributed by atoms with Crippen LogP contribution in [0.15, 0.2) is 12.1 Å². The van der Waals surface area contributed by atoms with Crippen LogP contribution in [0.4, 0.5) is 5.82 Å². The third-order valence-electron chi connectivity index (χ3n) is 5.49. The van der Waals surface area contributed by atoms with Crippen molar-refractivity contribution in [2.45, 2.75) is 64.0 Å². The summed E-state index contributed by atoms with van der Waals surface area (Å²) >= 11 is 0. The van der Waals surface area contributed by atoms with Crippen molar-refractivity contribution in [2.24, 2.45) is 5.92 Å². The Kier molecular flexibility index (Phi) is 4.10. The molecular weight excluding hydrogens is 274 g/mol. The van der Waals surface area contributed by atoms with Crippen LogP contribution in [0, 0.1) is 24.2 Å². The highest BCUT2D eigenvalue weighted by atomic mass is 16.3. The van der Waals surface area contributed by atoms with Gasteiger partial charge in [0.1, 0.15) is 17.6 Å². The molecule has 0 unspecified atom stereocenters. The molecule has 1 aliphatic carbocycles. The number of aryl methyl sites for hydroxylation is 1. The van der Waals surface area contributed by atoms with E-state index >= 15 is 0 Å². The Morgan fingerprint density at radius 1 is 1.32 bits per heavy atom. The van der Waals surface area contributed by atoms with Crippen LogP contribution in [-0.2, 0) is 0 Å². The second kappa shape index (κ2) is 5.89. The molecule has 2 aliphatic rings. The van der Waals surface area contributed by atoms with Crippen LogP contribution in [0.1, 0.15) is 56.7 Å². The monoisotopic (exact) mass is 299 g/mol. The minimum absolute atomic E-state index is 0.303. The summed E-state index contributed by atoms with van der Waals surface area (Å²) in [5, 5.41) is 20.0. The van der Waals surface area contributed by atoms with Gasteiger partial charge in [0.15, 0.2) is 0 Å². The van der Waals surface area contributed by atoms with Crippen molar-refractivity contribution < 1.29 is 5.11 Å². The zero-order valence-electron chi connectivity index (χ0n) is 13.5. The van der Waals surface area contributed by atoms with Crippen molar-refractivity contribution in [3.05, 3.63) is 23.4 Å².